The maximum absolute atomic E-state index is 5.85. The van der Waals surface area contributed by atoms with E-state index < -0.39 is 0 Å². The molecule has 4 N–H and O–H groups in total. The molecule has 0 aliphatic rings. The first-order valence-corrected chi connectivity index (χ1v) is 12.8. The average Bonchev–Trinajstić information content (AvgIpc) is 2.89. The van der Waals surface area contributed by atoms with Crippen LogP contribution in [0, 0.1) is 5.92 Å². The van der Waals surface area contributed by atoms with Crippen molar-refractivity contribution in [3.63, 3.8) is 0 Å². The third-order valence-electron chi connectivity index (χ3n) is 7.46. The molecule has 0 heterocycles. The zero-order chi connectivity index (χ0) is 24.8. The molecule has 0 amide bonds. The van der Waals surface area contributed by atoms with Crippen LogP contribution in [0.1, 0.15) is 72.4 Å². The second-order valence-corrected chi connectivity index (χ2v) is 9.94. The van der Waals surface area contributed by atoms with Crippen LogP contribution in [0.15, 0.2) is 97.1 Å². The molecular formula is C33H38N2. The van der Waals surface area contributed by atoms with E-state index in [1.807, 2.05) is 24.3 Å². The fraction of sp³-hybridized carbons (Fsp3) is 0.273. The van der Waals surface area contributed by atoms with Gasteiger partial charge in [0.15, 0.2) is 0 Å². The molecule has 0 saturated carbocycles. The highest BCUT2D eigenvalue weighted by atomic mass is 14.5. The van der Waals surface area contributed by atoms with Gasteiger partial charge in [-0.25, -0.2) is 0 Å². The van der Waals surface area contributed by atoms with Crippen molar-refractivity contribution >= 4 is 11.4 Å². The van der Waals surface area contributed by atoms with E-state index in [0.717, 1.165) is 24.2 Å². The minimum Gasteiger partial charge on any atom is -0.399 e. The highest BCUT2D eigenvalue weighted by molar-refractivity contribution is 5.44. The lowest BCUT2D eigenvalue weighted by molar-refractivity contribution is 0.504. The van der Waals surface area contributed by atoms with Crippen LogP contribution in [0.5, 0.6) is 0 Å². The summed E-state index contributed by atoms with van der Waals surface area (Å²) >= 11 is 0. The normalized spacial score (nSPS) is 13.8. The van der Waals surface area contributed by atoms with Gasteiger partial charge in [-0.3, -0.25) is 0 Å². The van der Waals surface area contributed by atoms with Crippen molar-refractivity contribution in [1.82, 2.24) is 0 Å². The molecule has 0 saturated heterocycles. The molecule has 0 bridgehead atoms. The number of nitrogens with two attached hydrogens (primary N) is 2. The molecular weight excluding hydrogens is 424 g/mol. The van der Waals surface area contributed by atoms with Crippen molar-refractivity contribution in [2.45, 2.75) is 51.9 Å². The van der Waals surface area contributed by atoms with Crippen molar-refractivity contribution in [2.75, 3.05) is 11.5 Å². The lowest BCUT2D eigenvalue weighted by Gasteiger charge is -2.18. The summed E-state index contributed by atoms with van der Waals surface area (Å²) < 4.78 is 0. The third kappa shape index (κ3) is 6.33. The Morgan fingerprint density at radius 2 is 0.771 bits per heavy atom. The largest absolute Gasteiger partial charge is 0.399 e. The van der Waals surface area contributed by atoms with Gasteiger partial charge in [0.2, 0.25) is 0 Å². The predicted octanol–water partition coefficient (Wildman–Crippen LogP) is 7.97. The van der Waals surface area contributed by atoms with Crippen LogP contribution in [0.2, 0.25) is 0 Å². The molecule has 0 aliphatic heterocycles. The summed E-state index contributed by atoms with van der Waals surface area (Å²) in [7, 11) is 0. The monoisotopic (exact) mass is 462 g/mol. The SMILES string of the molecule is CCC(Cc1ccc(C(C)c2ccc(N)cc2)cc1)Cc1ccc(C(C)c2ccc(N)cc2)cc1. The van der Waals surface area contributed by atoms with Crippen molar-refractivity contribution in [3.05, 3.63) is 130 Å². The van der Waals surface area contributed by atoms with Gasteiger partial charge in [-0.15, -0.1) is 0 Å². The highest BCUT2D eigenvalue weighted by Crippen LogP contribution is 2.28. The first-order chi connectivity index (χ1) is 16.9. The number of benzene rings is 4. The summed E-state index contributed by atoms with van der Waals surface area (Å²) in [4.78, 5) is 0. The smallest absolute Gasteiger partial charge is 0.0314 e. The van der Waals surface area contributed by atoms with Crippen LogP contribution < -0.4 is 11.5 Å². The molecule has 4 rings (SSSR count). The number of rotatable bonds is 9. The van der Waals surface area contributed by atoms with E-state index in [1.54, 1.807) is 0 Å². The summed E-state index contributed by atoms with van der Waals surface area (Å²) in [6, 6.07) is 34.8. The first kappa shape index (κ1) is 24.6. The Kier molecular flexibility index (Phi) is 7.92. The summed E-state index contributed by atoms with van der Waals surface area (Å²) in [6.45, 7) is 6.82. The van der Waals surface area contributed by atoms with Crippen molar-refractivity contribution in [3.8, 4) is 0 Å². The molecule has 0 radical (unpaired) electrons. The predicted molar refractivity (Wildman–Crippen MR) is 151 cm³/mol. The number of anilines is 2. The van der Waals surface area contributed by atoms with E-state index in [4.69, 9.17) is 11.5 Å². The number of hydrogen-bond donors (Lipinski definition) is 2. The maximum atomic E-state index is 5.85. The number of hydrogen-bond acceptors (Lipinski definition) is 2. The molecule has 0 spiro atoms. The van der Waals surface area contributed by atoms with Crippen molar-refractivity contribution in [2.24, 2.45) is 5.92 Å². The fourth-order valence-corrected chi connectivity index (χ4v) is 4.87. The Bertz CT molecular complexity index is 1090. The van der Waals surface area contributed by atoms with E-state index in [1.165, 1.54) is 39.8 Å². The van der Waals surface area contributed by atoms with E-state index >= 15 is 0 Å². The molecule has 0 aromatic heterocycles. The Balaban J connectivity index is 1.37. The van der Waals surface area contributed by atoms with Crippen LogP contribution in [-0.4, -0.2) is 0 Å². The Labute approximate surface area is 211 Å². The van der Waals surface area contributed by atoms with Gasteiger partial charge in [0.05, 0.1) is 0 Å². The van der Waals surface area contributed by atoms with Gasteiger partial charge in [0, 0.05) is 23.2 Å². The second-order valence-electron chi connectivity index (χ2n) is 9.94. The number of nitrogen functional groups attached to an aromatic ring is 2. The fourth-order valence-electron chi connectivity index (χ4n) is 4.87. The molecule has 4 aromatic carbocycles. The quantitative estimate of drug-likeness (QED) is 0.248. The van der Waals surface area contributed by atoms with Gasteiger partial charge in [-0.1, -0.05) is 100.0 Å². The van der Waals surface area contributed by atoms with Crippen LogP contribution in [0.3, 0.4) is 0 Å². The molecule has 0 fully saturated rings. The summed E-state index contributed by atoms with van der Waals surface area (Å²) in [5, 5.41) is 0. The van der Waals surface area contributed by atoms with Crippen molar-refractivity contribution in [1.29, 1.82) is 0 Å². The maximum Gasteiger partial charge on any atom is 0.0314 e. The van der Waals surface area contributed by atoms with Crippen LogP contribution in [-0.2, 0) is 12.8 Å². The molecule has 180 valence electrons. The standard InChI is InChI=1S/C33H38N2/c1-4-25(21-26-5-9-28(10-6-26)23(2)30-13-17-32(34)18-14-30)22-27-7-11-29(12-8-27)24(3)31-15-19-33(35)20-16-31/h5-20,23-25H,4,21-22,34-35H2,1-3H3. The van der Waals surface area contributed by atoms with Crippen LogP contribution in [0.25, 0.3) is 0 Å². The average molecular weight is 463 g/mol. The van der Waals surface area contributed by atoms with Gasteiger partial charge < -0.3 is 11.5 Å². The minimum absolute atomic E-state index is 0.362. The molecule has 35 heavy (non-hydrogen) atoms. The van der Waals surface area contributed by atoms with E-state index in [2.05, 4.69) is 93.6 Å². The van der Waals surface area contributed by atoms with Crippen LogP contribution >= 0.6 is 0 Å². The van der Waals surface area contributed by atoms with E-state index in [-0.39, 0.29) is 0 Å². The first-order valence-electron chi connectivity index (χ1n) is 12.8. The Morgan fingerprint density at radius 3 is 1.06 bits per heavy atom. The summed E-state index contributed by atoms with van der Waals surface area (Å²) in [6.07, 6.45) is 3.39. The van der Waals surface area contributed by atoms with Crippen LogP contribution in [0.4, 0.5) is 11.4 Å². The highest BCUT2D eigenvalue weighted by Gasteiger charge is 2.13. The lowest BCUT2D eigenvalue weighted by atomic mass is 9.87. The van der Waals surface area contributed by atoms with Gasteiger partial charge in [0.25, 0.3) is 0 Å². The molecule has 2 nitrogen and oxygen atoms in total. The molecule has 2 atom stereocenters. The zero-order valence-corrected chi connectivity index (χ0v) is 21.2. The van der Waals surface area contributed by atoms with Gasteiger partial charge in [0.1, 0.15) is 0 Å². The Morgan fingerprint density at radius 1 is 0.486 bits per heavy atom. The summed E-state index contributed by atoms with van der Waals surface area (Å²) in [5.74, 6) is 1.36. The topological polar surface area (TPSA) is 52.0 Å². The van der Waals surface area contributed by atoms with E-state index in [9.17, 15) is 0 Å². The lowest BCUT2D eigenvalue weighted by Crippen LogP contribution is -2.08. The van der Waals surface area contributed by atoms with Gasteiger partial charge >= 0.3 is 0 Å². The zero-order valence-electron chi connectivity index (χ0n) is 21.2. The minimum atomic E-state index is 0.362. The third-order valence-corrected chi connectivity index (χ3v) is 7.46. The molecule has 4 aromatic rings. The van der Waals surface area contributed by atoms with Gasteiger partial charge in [-0.05, 0) is 76.4 Å². The molecule has 0 aliphatic carbocycles. The van der Waals surface area contributed by atoms with Crippen molar-refractivity contribution < 1.29 is 0 Å². The van der Waals surface area contributed by atoms with E-state index in [0.29, 0.717) is 17.8 Å². The molecule has 2 unspecified atom stereocenters. The molecule has 2 heteroatoms. The Hall–Kier alpha value is -3.52. The summed E-state index contributed by atoms with van der Waals surface area (Å²) in [5.41, 5.74) is 21.4. The second kappa shape index (κ2) is 11.3. The van der Waals surface area contributed by atoms with Gasteiger partial charge in [-0.2, -0.15) is 0 Å².